The Kier molecular flexibility index (Phi) is 4.29. The van der Waals surface area contributed by atoms with E-state index in [4.69, 9.17) is 5.73 Å². The Morgan fingerprint density at radius 2 is 1.92 bits per heavy atom. The van der Waals surface area contributed by atoms with Crippen molar-refractivity contribution in [2.75, 3.05) is 4.90 Å². The molecule has 2 aromatic carbocycles. The second-order valence-electron chi connectivity index (χ2n) is 5.75. The third-order valence-corrected chi connectivity index (χ3v) is 4.19. The average molecular weight is 330 g/mol. The molecule has 3 rings (SSSR count). The fourth-order valence-corrected chi connectivity index (χ4v) is 3.02. The van der Waals surface area contributed by atoms with Crippen LogP contribution in [-0.2, 0) is 22.4 Å². The van der Waals surface area contributed by atoms with Gasteiger partial charge in [-0.05, 0) is 41.8 Å². The first-order valence-corrected chi connectivity index (χ1v) is 7.60. The summed E-state index contributed by atoms with van der Waals surface area (Å²) in [5.74, 6) is -2.04. The highest BCUT2D eigenvalue weighted by atomic mass is 19.1. The van der Waals surface area contributed by atoms with E-state index in [1.165, 1.54) is 4.90 Å². The van der Waals surface area contributed by atoms with Crippen LogP contribution >= 0.6 is 0 Å². The van der Waals surface area contributed by atoms with Crippen LogP contribution in [-0.4, -0.2) is 17.9 Å². The fourth-order valence-electron chi connectivity index (χ4n) is 3.02. The quantitative estimate of drug-likeness (QED) is 0.935. The summed E-state index contributed by atoms with van der Waals surface area (Å²) >= 11 is 0. The fraction of sp³-hybridized carbons (Fsp3) is 0.222. The number of anilines is 1. The van der Waals surface area contributed by atoms with Gasteiger partial charge < -0.3 is 5.73 Å². The molecule has 0 fully saturated rings. The summed E-state index contributed by atoms with van der Waals surface area (Å²) in [5.41, 5.74) is 7.06. The SMILES string of the molecule is NC(=O)[C@@H]1Cc2ccccc2N1C(=O)CCc1cc(F)ccc1F. The van der Waals surface area contributed by atoms with Gasteiger partial charge in [-0.15, -0.1) is 0 Å². The number of hydrogen-bond donors (Lipinski definition) is 1. The number of amides is 2. The van der Waals surface area contributed by atoms with E-state index in [9.17, 15) is 18.4 Å². The molecule has 24 heavy (non-hydrogen) atoms. The molecule has 2 aromatic rings. The Bertz CT molecular complexity index is 807. The second-order valence-corrected chi connectivity index (χ2v) is 5.75. The topological polar surface area (TPSA) is 63.4 Å². The van der Waals surface area contributed by atoms with Gasteiger partial charge in [0.05, 0.1) is 0 Å². The molecule has 0 saturated carbocycles. The Hall–Kier alpha value is -2.76. The molecule has 2 N–H and O–H groups in total. The molecule has 124 valence electrons. The minimum Gasteiger partial charge on any atom is -0.368 e. The van der Waals surface area contributed by atoms with Crippen molar-refractivity contribution >= 4 is 17.5 Å². The molecule has 1 atom stereocenters. The number of aryl methyl sites for hydroxylation is 1. The summed E-state index contributed by atoms with van der Waals surface area (Å²) in [6.45, 7) is 0. The number of nitrogens with two attached hydrogens (primary N) is 1. The van der Waals surface area contributed by atoms with E-state index in [2.05, 4.69) is 0 Å². The first-order valence-electron chi connectivity index (χ1n) is 7.60. The predicted octanol–water partition coefficient (Wildman–Crippen LogP) is 2.34. The van der Waals surface area contributed by atoms with Crippen LogP contribution in [0.15, 0.2) is 42.5 Å². The van der Waals surface area contributed by atoms with E-state index in [0.717, 1.165) is 23.8 Å². The van der Waals surface area contributed by atoms with E-state index < -0.39 is 23.6 Å². The standard InChI is InChI=1S/C18H16F2N2O2/c19-13-6-7-14(20)11(9-13)5-8-17(23)22-15-4-2-1-3-12(15)10-16(22)18(21)24/h1-4,6-7,9,16H,5,8,10H2,(H2,21,24)/t16-/m0/s1. The van der Waals surface area contributed by atoms with Crippen molar-refractivity contribution in [1.82, 2.24) is 0 Å². The van der Waals surface area contributed by atoms with Crippen molar-refractivity contribution in [3.63, 3.8) is 0 Å². The number of carbonyl (C=O) groups is 2. The second kappa shape index (κ2) is 6.39. The number of fused-ring (bicyclic) bond motifs is 1. The highest BCUT2D eigenvalue weighted by molar-refractivity contribution is 6.03. The van der Waals surface area contributed by atoms with E-state index >= 15 is 0 Å². The molecule has 2 amide bonds. The van der Waals surface area contributed by atoms with Gasteiger partial charge in [-0.25, -0.2) is 8.78 Å². The number of benzene rings is 2. The van der Waals surface area contributed by atoms with Crippen molar-refractivity contribution < 1.29 is 18.4 Å². The van der Waals surface area contributed by atoms with Gasteiger partial charge in [0, 0.05) is 18.5 Å². The molecule has 0 aromatic heterocycles. The highest BCUT2D eigenvalue weighted by Gasteiger charge is 2.36. The maximum atomic E-state index is 13.7. The zero-order valence-corrected chi connectivity index (χ0v) is 12.8. The summed E-state index contributed by atoms with van der Waals surface area (Å²) in [4.78, 5) is 25.6. The summed E-state index contributed by atoms with van der Waals surface area (Å²) < 4.78 is 26.9. The van der Waals surface area contributed by atoms with Crippen LogP contribution in [0.3, 0.4) is 0 Å². The van der Waals surface area contributed by atoms with Crippen LogP contribution in [0.2, 0.25) is 0 Å². The van der Waals surface area contributed by atoms with Crippen LogP contribution in [0.25, 0.3) is 0 Å². The molecule has 0 aliphatic carbocycles. The molecule has 0 unspecified atom stereocenters. The molecule has 1 aliphatic heterocycles. The monoisotopic (exact) mass is 330 g/mol. The number of hydrogen-bond acceptors (Lipinski definition) is 2. The largest absolute Gasteiger partial charge is 0.368 e. The van der Waals surface area contributed by atoms with E-state index in [-0.39, 0.29) is 24.3 Å². The van der Waals surface area contributed by atoms with Crippen LogP contribution in [0.4, 0.5) is 14.5 Å². The zero-order valence-electron chi connectivity index (χ0n) is 12.8. The number of rotatable bonds is 4. The molecule has 0 bridgehead atoms. The van der Waals surface area contributed by atoms with Crippen molar-refractivity contribution in [1.29, 1.82) is 0 Å². The van der Waals surface area contributed by atoms with Gasteiger partial charge >= 0.3 is 0 Å². The molecule has 1 heterocycles. The molecule has 0 spiro atoms. The lowest BCUT2D eigenvalue weighted by atomic mass is 10.1. The lowest BCUT2D eigenvalue weighted by Gasteiger charge is -2.23. The van der Waals surface area contributed by atoms with Crippen LogP contribution in [0, 0.1) is 11.6 Å². The lowest BCUT2D eigenvalue weighted by molar-refractivity contribution is -0.124. The normalized spacial score (nSPS) is 16.1. The van der Waals surface area contributed by atoms with Crippen LogP contribution in [0.5, 0.6) is 0 Å². The van der Waals surface area contributed by atoms with Crippen molar-refractivity contribution in [3.8, 4) is 0 Å². The third kappa shape index (κ3) is 2.99. The van der Waals surface area contributed by atoms with Crippen LogP contribution in [0.1, 0.15) is 17.5 Å². The summed E-state index contributed by atoms with van der Waals surface area (Å²) in [6, 6.07) is 9.58. The maximum Gasteiger partial charge on any atom is 0.240 e. The predicted molar refractivity (Wildman–Crippen MR) is 85.3 cm³/mol. The minimum absolute atomic E-state index is 0.0432. The Morgan fingerprint density at radius 3 is 2.67 bits per heavy atom. The molecular formula is C18H16F2N2O2. The number of nitrogens with zero attached hydrogens (tertiary/aromatic N) is 1. The summed E-state index contributed by atoms with van der Waals surface area (Å²) in [5, 5.41) is 0. The molecule has 0 radical (unpaired) electrons. The Morgan fingerprint density at radius 1 is 1.17 bits per heavy atom. The first-order chi connectivity index (χ1) is 11.5. The van der Waals surface area contributed by atoms with Crippen molar-refractivity contribution in [2.45, 2.75) is 25.3 Å². The van der Waals surface area contributed by atoms with E-state index in [1.807, 2.05) is 12.1 Å². The van der Waals surface area contributed by atoms with Gasteiger partial charge in [0.25, 0.3) is 0 Å². The third-order valence-electron chi connectivity index (χ3n) is 4.19. The van der Waals surface area contributed by atoms with E-state index in [0.29, 0.717) is 12.1 Å². The molecular weight excluding hydrogens is 314 g/mol. The van der Waals surface area contributed by atoms with Gasteiger partial charge in [0.15, 0.2) is 0 Å². The number of carbonyl (C=O) groups excluding carboxylic acids is 2. The maximum absolute atomic E-state index is 13.7. The smallest absolute Gasteiger partial charge is 0.240 e. The molecule has 4 nitrogen and oxygen atoms in total. The Labute approximate surface area is 137 Å². The Balaban J connectivity index is 1.80. The van der Waals surface area contributed by atoms with Gasteiger partial charge in [-0.3, -0.25) is 14.5 Å². The van der Waals surface area contributed by atoms with Gasteiger partial charge in [-0.2, -0.15) is 0 Å². The summed E-state index contributed by atoms with van der Waals surface area (Å²) in [7, 11) is 0. The van der Waals surface area contributed by atoms with Gasteiger partial charge in [0.1, 0.15) is 17.7 Å². The molecule has 6 heteroatoms. The summed E-state index contributed by atoms with van der Waals surface area (Å²) in [6.07, 6.45) is 0.372. The molecule has 0 saturated heterocycles. The van der Waals surface area contributed by atoms with Crippen molar-refractivity contribution in [2.24, 2.45) is 5.73 Å². The zero-order chi connectivity index (χ0) is 17.3. The number of halogens is 2. The average Bonchev–Trinajstić information content (AvgIpc) is 2.95. The minimum atomic E-state index is -0.743. The van der Waals surface area contributed by atoms with Gasteiger partial charge in [0.2, 0.25) is 11.8 Å². The number of para-hydroxylation sites is 1. The van der Waals surface area contributed by atoms with E-state index in [1.54, 1.807) is 12.1 Å². The number of primary amides is 1. The van der Waals surface area contributed by atoms with Gasteiger partial charge in [-0.1, -0.05) is 18.2 Å². The van der Waals surface area contributed by atoms with Crippen LogP contribution < -0.4 is 10.6 Å². The van der Waals surface area contributed by atoms with Crippen molar-refractivity contribution in [3.05, 3.63) is 65.2 Å². The first kappa shape index (κ1) is 16.1. The lowest BCUT2D eigenvalue weighted by Crippen LogP contribution is -2.46. The molecule has 1 aliphatic rings. The highest BCUT2D eigenvalue weighted by Crippen LogP contribution is 2.32.